The van der Waals surface area contributed by atoms with Gasteiger partial charge in [0.25, 0.3) is 0 Å². The summed E-state index contributed by atoms with van der Waals surface area (Å²) in [5.41, 5.74) is 3.01. The van der Waals surface area contributed by atoms with Gasteiger partial charge < -0.3 is 15.0 Å². The molecule has 2 amide bonds. The van der Waals surface area contributed by atoms with Crippen LogP contribution in [0.1, 0.15) is 30.4 Å². The monoisotopic (exact) mass is 343 g/mol. The van der Waals surface area contributed by atoms with Crippen molar-refractivity contribution in [3.8, 4) is 0 Å². The van der Waals surface area contributed by atoms with E-state index in [1.807, 2.05) is 4.90 Å². The third-order valence-electron chi connectivity index (χ3n) is 5.91. The van der Waals surface area contributed by atoms with Gasteiger partial charge in [-0.2, -0.15) is 0 Å². The molecule has 0 radical (unpaired) electrons. The van der Waals surface area contributed by atoms with E-state index in [0.29, 0.717) is 6.04 Å². The molecule has 4 rings (SSSR count). The van der Waals surface area contributed by atoms with E-state index in [1.165, 1.54) is 11.1 Å². The summed E-state index contributed by atoms with van der Waals surface area (Å²) in [6.45, 7) is 5.31. The minimum atomic E-state index is 0.114. The quantitative estimate of drug-likeness (QED) is 0.894. The fourth-order valence-corrected chi connectivity index (χ4v) is 4.41. The van der Waals surface area contributed by atoms with E-state index in [2.05, 4.69) is 34.5 Å². The van der Waals surface area contributed by atoms with Crippen LogP contribution in [0.4, 0.5) is 4.79 Å². The molecule has 1 aromatic carbocycles. The van der Waals surface area contributed by atoms with Gasteiger partial charge in [-0.25, -0.2) is 4.79 Å². The summed E-state index contributed by atoms with van der Waals surface area (Å²) in [6.07, 6.45) is 5.25. The average Bonchev–Trinajstić information content (AvgIpc) is 2.91. The number of urea groups is 1. The lowest BCUT2D eigenvalue weighted by Gasteiger charge is -2.29. The topological polar surface area (TPSA) is 44.8 Å². The molecule has 5 nitrogen and oxygen atoms in total. The lowest BCUT2D eigenvalue weighted by Crippen LogP contribution is -2.48. The van der Waals surface area contributed by atoms with E-state index < -0.39 is 0 Å². The molecule has 2 saturated heterocycles. The maximum absolute atomic E-state index is 12.6. The first-order valence-electron chi connectivity index (χ1n) is 9.73. The Labute approximate surface area is 150 Å². The van der Waals surface area contributed by atoms with Crippen LogP contribution in [0.2, 0.25) is 0 Å². The van der Waals surface area contributed by atoms with Crippen LogP contribution in [0.5, 0.6) is 0 Å². The number of carbonyl (C=O) groups is 1. The number of rotatable bonds is 2. The highest BCUT2D eigenvalue weighted by molar-refractivity contribution is 5.74. The van der Waals surface area contributed by atoms with E-state index in [-0.39, 0.29) is 12.1 Å². The summed E-state index contributed by atoms with van der Waals surface area (Å²) >= 11 is 0. The summed E-state index contributed by atoms with van der Waals surface area (Å²) in [5.74, 6) is 0. The van der Waals surface area contributed by atoms with E-state index in [1.54, 1.807) is 0 Å². The fraction of sp³-hybridized carbons (Fsp3) is 0.650. The highest BCUT2D eigenvalue weighted by Gasteiger charge is 2.29. The number of fused-ring (bicyclic) bond motifs is 1. The van der Waals surface area contributed by atoms with Gasteiger partial charge in [0.1, 0.15) is 0 Å². The lowest BCUT2D eigenvalue weighted by molar-refractivity contribution is 0.0781. The number of carbonyl (C=O) groups excluding carboxylic acids is 1. The molecule has 25 heavy (non-hydrogen) atoms. The number of nitrogens with zero attached hydrogens (tertiary/aromatic N) is 2. The van der Waals surface area contributed by atoms with Gasteiger partial charge in [0.05, 0.1) is 0 Å². The molecule has 0 unspecified atom stereocenters. The van der Waals surface area contributed by atoms with Crippen LogP contribution in [0.15, 0.2) is 24.3 Å². The lowest BCUT2D eigenvalue weighted by atomic mass is 10.1. The van der Waals surface area contributed by atoms with Crippen LogP contribution in [-0.2, 0) is 17.6 Å². The first-order valence-corrected chi connectivity index (χ1v) is 9.73. The number of amides is 2. The molecule has 1 aliphatic carbocycles. The molecule has 2 aliphatic heterocycles. The van der Waals surface area contributed by atoms with Gasteiger partial charge in [-0.15, -0.1) is 0 Å². The Hall–Kier alpha value is -1.59. The first kappa shape index (κ1) is 16.9. The van der Waals surface area contributed by atoms with Gasteiger partial charge in [0.2, 0.25) is 0 Å². The maximum atomic E-state index is 12.6. The van der Waals surface area contributed by atoms with Crippen molar-refractivity contribution in [2.24, 2.45) is 0 Å². The molecule has 5 heteroatoms. The summed E-state index contributed by atoms with van der Waals surface area (Å²) < 4.78 is 5.37. The normalized spacial score (nSPS) is 23.3. The maximum Gasteiger partial charge on any atom is 0.317 e. The van der Waals surface area contributed by atoms with Gasteiger partial charge in [0.15, 0.2) is 0 Å². The number of benzene rings is 1. The highest BCUT2D eigenvalue weighted by Crippen LogP contribution is 2.26. The minimum Gasteiger partial charge on any atom is -0.381 e. The fourth-order valence-electron chi connectivity index (χ4n) is 4.41. The van der Waals surface area contributed by atoms with Crippen LogP contribution < -0.4 is 5.32 Å². The third kappa shape index (κ3) is 3.98. The standard InChI is InChI=1S/C20H29N3O2/c24-20(21-18-6-12-25-13-7-18)23-9-3-8-22(10-11-23)19-14-16-4-1-2-5-17(16)15-19/h1-2,4-5,18-19H,3,6-15H2,(H,21,24). The van der Waals surface area contributed by atoms with Crippen molar-refractivity contribution < 1.29 is 9.53 Å². The predicted molar refractivity (Wildman–Crippen MR) is 97.8 cm³/mol. The Morgan fingerprint density at radius 2 is 1.72 bits per heavy atom. The van der Waals surface area contributed by atoms with Gasteiger partial charge in [0, 0.05) is 51.5 Å². The Morgan fingerprint density at radius 1 is 1.00 bits per heavy atom. The number of hydrogen-bond donors (Lipinski definition) is 1. The highest BCUT2D eigenvalue weighted by atomic mass is 16.5. The SMILES string of the molecule is O=C(NC1CCOCC1)N1CCCN(C2Cc3ccccc3C2)CC1. The predicted octanol–water partition coefficient (Wildman–Crippen LogP) is 2.05. The molecule has 0 atom stereocenters. The molecule has 3 aliphatic rings. The zero-order valence-electron chi connectivity index (χ0n) is 15.0. The third-order valence-corrected chi connectivity index (χ3v) is 5.91. The van der Waals surface area contributed by atoms with E-state index >= 15 is 0 Å². The summed E-state index contributed by atoms with van der Waals surface area (Å²) in [6, 6.07) is 9.82. The van der Waals surface area contributed by atoms with Crippen molar-refractivity contribution >= 4 is 6.03 Å². The average molecular weight is 343 g/mol. The molecule has 1 N–H and O–H groups in total. The zero-order chi connectivity index (χ0) is 17.1. The molecular formula is C20H29N3O2. The number of hydrogen-bond acceptors (Lipinski definition) is 3. The van der Waals surface area contributed by atoms with Crippen molar-refractivity contribution in [2.45, 2.75) is 44.2 Å². The minimum absolute atomic E-state index is 0.114. The molecule has 0 saturated carbocycles. The Balaban J connectivity index is 1.29. The van der Waals surface area contributed by atoms with Gasteiger partial charge in [-0.1, -0.05) is 24.3 Å². The van der Waals surface area contributed by atoms with Crippen LogP contribution in [0.25, 0.3) is 0 Å². The van der Waals surface area contributed by atoms with Gasteiger partial charge >= 0.3 is 6.03 Å². The summed E-state index contributed by atoms with van der Waals surface area (Å²) in [4.78, 5) is 17.2. The molecule has 136 valence electrons. The summed E-state index contributed by atoms with van der Waals surface area (Å²) in [5, 5.41) is 3.20. The molecule has 0 bridgehead atoms. The Morgan fingerprint density at radius 3 is 2.44 bits per heavy atom. The molecular weight excluding hydrogens is 314 g/mol. The van der Waals surface area contributed by atoms with Crippen molar-refractivity contribution in [2.75, 3.05) is 39.4 Å². The largest absolute Gasteiger partial charge is 0.381 e. The van der Waals surface area contributed by atoms with Crippen LogP contribution in [0, 0.1) is 0 Å². The first-order chi connectivity index (χ1) is 12.3. The molecule has 0 spiro atoms. The van der Waals surface area contributed by atoms with Crippen molar-refractivity contribution in [3.05, 3.63) is 35.4 Å². The smallest absolute Gasteiger partial charge is 0.317 e. The van der Waals surface area contributed by atoms with Crippen molar-refractivity contribution in [1.82, 2.24) is 15.1 Å². The molecule has 2 heterocycles. The number of nitrogens with one attached hydrogen (secondary N) is 1. The zero-order valence-corrected chi connectivity index (χ0v) is 15.0. The van der Waals surface area contributed by atoms with Crippen LogP contribution >= 0.6 is 0 Å². The van der Waals surface area contributed by atoms with Gasteiger partial charge in [-0.05, 0) is 43.2 Å². The second-order valence-corrected chi connectivity index (χ2v) is 7.54. The second-order valence-electron chi connectivity index (χ2n) is 7.54. The number of ether oxygens (including phenoxy) is 1. The molecule has 1 aromatic rings. The van der Waals surface area contributed by atoms with Crippen molar-refractivity contribution in [1.29, 1.82) is 0 Å². The van der Waals surface area contributed by atoms with Crippen LogP contribution in [-0.4, -0.2) is 67.3 Å². The molecule has 0 aromatic heterocycles. The van der Waals surface area contributed by atoms with Gasteiger partial charge in [-0.3, -0.25) is 4.90 Å². The molecule has 2 fully saturated rings. The Kier molecular flexibility index (Phi) is 5.22. The van der Waals surface area contributed by atoms with E-state index in [4.69, 9.17) is 4.74 Å². The second kappa shape index (κ2) is 7.75. The Bertz CT molecular complexity index is 575. The van der Waals surface area contributed by atoms with Crippen molar-refractivity contribution in [3.63, 3.8) is 0 Å². The summed E-state index contributed by atoms with van der Waals surface area (Å²) in [7, 11) is 0. The van der Waals surface area contributed by atoms with Crippen LogP contribution in [0.3, 0.4) is 0 Å². The van der Waals surface area contributed by atoms with E-state index in [9.17, 15) is 4.79 Å². The van der Waals surface area contributed by atoms with E-state index in [0.717, 1.165) is 71.5 Å².